The number of anilines is 2. The van der Waals surface area contributed by atoms with Crippen molar-refractivity contribution in [3.63, 3.8) is 0 Å². The Morgan fingerprint density at radius 3 is 1.10 bits per heavy atom. The van der Waals surface area contributed by atoms with E-state index in [9.17, 15) is 51.9 Å². The highest BCUT2D eigenvalue weighted by Gasteiger charge is 2.18. The molecule has 16 nitrogen and oxygen atoms in total. The van der Waals surface area contributed by atoms with Crippen molar-refractivity contribution >= 4 is 98.0 Å². The van der Waals surface area contributed by atoms with Crippen LogP contribution in [0.4, 0.5) is 11.4 Å². The van der Waals surface area contributed by atoms with Crippen LogP contribution in [0.25, 0.3) is 68.4 Å². The van der Waals surface area contributed by atoms with Crippen LogP contribution in [0.5, 0.6) is 0 Å². The van der Waals surface area contributed by atoms with Gasteiger partial charge >= 0.3 is 0 Å². The normalized spacial score (nSPS) is 12.7. The van der Waals surface area contributed by atoms with E-state index in [-0.39, 0.29) is 34.1 Å². The number of benzene rings is 5. The zero-order valence-electron chi connectivity index (χ0n) is 38.0. The van der Waals surface area contributed by atoms with E-state index in [2.05, 4.69) is 0 Å². The van der Waals surface area contributed by atoms with Gasteiger partial charge in [-0.1, -0.05) is 72.8 Å². The van der Waals surface area contributed by atoms with Gasteiger partial charge in [0, 0.05) is 48.3 Å². The summed E-state index contributed by atoms with van der Waals surface area (Å²) < 4.78 is 131. The summed E-state index contributed by atoms with van der Waals surface area (Å²) >= 11 is 0. The second-order valence-corrected chi connectivity index (χ2v) is 22.3. The van der Waals surface area contributed by atoms with Gasteiger partial charge in [0.1, 0.15) is 0 Å². The van der Waals surface area contributed by atoms with Gasteiger partial charge in [-0.05, 0) is 133 Å². The molecule has 70 heavy (non-hydrogen) atoms. The van der Waals surface area contributed by atoms with Crippen LogP contribution in [-0.2, 0) is 40.5 Å². The lowest BCUT2D eigenvalue weighted by Crippen LogP contribution is -2.25. The number of rotatable bonds is 20. The van der Waals surface area contributed by atoms with Crippen molar-refractivity contribution < 1.29 is 51.9 Å². The summed E-state index contributed by atoms with van der Waals surface area (Å²) in [6, 6.07) is 34.3. The molecule has 20 heteroatoms. The van der Waals surface area contributed by atoms with E-state index in [1.807, 2.05) is 121 Å². The van der Waals surface area contributed by atoms with Gasteiger partial charge in [-0.15, -0.1) is 0 Å². The fourth-order valence-corrected chi connectivity index (χ4v) is 9.99. The zero-order valence-corrected chi connectivity index (χ0v) is 41.3. The average Bonchev–Trinajstić information content (AvgIpc) is 3.31. The van der Waals surface area contributed by atoms with E-state index in [1.54, 1.807) is 24.3 Å². The molecule has 0 aliphatic carbocycles. The summed E-state index contributed by atoms with van der Waals surface area (Å²) in [5.74, 6) is -0.683. The molecule has 7 aromatic rings. The summed E-state index contributed by atoms with van der Waals surface area (Å²) in [6.07, 6.45) is 7.90. The highest BCUT2D eigenvalue weighted by atomic mass is 32.2. The van der Waals surface area contributed by atoms with Crippen LogP contribution in [0.3, 0.4) is 0 Å². The molecule has 0 saturated heterocycles. The summed E-state index contributed by atoms with van der Waals surface area (Å²) in [5.41, 5.74) is 7.96. The molecule has 7 rings (SSSR count). The van der Waals surface area contributed by atoms with E-state index in [4.69, 9.17) is 9.97 Å². The second-order valence-electron chi connectivity index (χ2n) is 16.3. The number of hydrogen-bond acceptors (Lipinski definition) is 12. The molecule has 2 heterocycles. The number of pyridine rings is 2. The van der Waals surface area contributed by atoms with Crippen LogP contribution in [0.15, 0.2) is 131 Å². The molecule has 5 aromatic carbocycles. The third-order valence-electron chi connectivity index (χ3n) is 11.6. The standard InChI is InChI=1S/C50H50N4O12S4/c1-3-53(29-5-31-67(55,56)57)41-19-9-35(10-20-41)7-17-39-33-47(37-13-23-43(24-14-37)69(61,62)63)45-27-28-46-48(38-15-25-44(26-16-38)70(64,65)66)34-40(52-50(46)49(45)51-39)18-8-36-11-21-42(22-12-36)54(4-2)30-6-32-68(58,59)60/h7-28,33-34H,3-6,29-32H2,1-2H3,(H,55,56,57)(H,58,59,60)(H,61,62,63)(H,64,65,66)/b17-7+,18-8+. The maximum absolute atomic E-state index is 12.0. The van der Waals surface area contributed by atoms with E-state index < -0.39 is 40.5 Å². The minimum Gasteiger partial charge on any atom is -0.372 e. The fraction of sp³-hybridized carbons (Fsp3) is 0.200. The van der Waals surface area contributed by atoms with Gasteiger partial charge in [0.25, 0.3) is 40.5 Å². The molecular weight excluding hydrogens is 977 g/mol. The highest BCUT2D eigenvalue weighted by Crippen LogP contribution is 2.38. The minimum absolute atomic E-state index is 0.255. The molecule has 0 bridgehead atoms. The Bertz CT molecular complexity index is 3320. The largest absolute Gasteiger partial charge is 0.372 e. The molecule has 0 aliphatic rings. The predicted octanol–water partition coefficient (Wildman–Crippen LogP) is 9.16. The molecule has 366 valence electrons. The Labute approximate surface area is 407 Å². The Morgan fingerprint density at radius 1 is 0.457 bits per heavy atom. The molecule has 0 saturated carbocycles. The van der Waals surface area contributed by atoms with Crippen molar-refractivity contribution in [2.45, 2.75) is 36.5 Å². The van der Waals surface area contributed by atoms with E-state index >= 15 is 0 Å². The number of nitrogens with zero attached hydrogens (tertiary/aromatic N) is 4. The summed E-state index contributed by atoms with van der Waals surface area (Å²) in [4.78, 5) is 13.7. The Hall–Kier alpha value is -6.36. The Morgan fingerprint density at radius 2 is 0.800 bits per heavy atom. The van der Waals surface area contributed by atoms with E-state index in [1.165, 1.54) is 24.3 Å². The lowest BCUT2D eigenvalue weighted by Gasteiger charge is -2.23. The van der Waals surface area contributed by atoms with Gasteiger partial charge in [0.05, 0.1) is 43.7 Å². The van der Waals surface area contributed by atoms with E-state index in [0.29, 0.717) is 81.6 Å². The van der Waals surface area contributed by atoms with Crippen LogP contribution in [-0.4, -0.2) is 99.5 Å². The highest BCUT2D eigenvalue weighted by molar-refractivity contribution is 7.86. The maximum Gasteiger partial charge on any atom is 0.294 e. The molecule has 0 amide bonds. The lowest BCUT2D eigenvalue weighted by atomic mass is 9.95. The van der Waals surface area contributed by atoms with Crippen molar-refractivity contribution in [3.05, 3.63) is 144 Å². The molecule has 0 spiro atoms. The van der Waals surface area contributed by atoms with Crippen LogP contribution in [0.1, 0.15) is 49.2 Å². The molecule has 4 N–H and O–H groups in total. The smallest absolute Gasteiger partial charge is 0.294 e. The number of hydrogen-bond donors (Lipinski definition) is 4. The SMILES string of the molecule is CCN(CCCS(=O)(=O)O)c1ccc(/C=C/c2cc(-c3ccc(S(=O)(=O)O)cc3)c3ccc4c(-c5ccc(S(=O)(=O)O)cc5)cc(/C=C/c5ccc(N(CC)CCCS(=O)(=O)O)cc5)nc4c3n2)cc1. The predicted molar refractivity (Wildman–Crippen MR) is 276 cm³/mol. The van der Waals surface area contributed by atoms with Crippen molar-refractivity contribution in [2.24, 2.45) is 0 Å². The summed E-state index contributed by atoms with van der Waals surface area (Å²) in [5, 5.41) is 1.33. The molecule has 0 radical (unpaired) electrons. The third kappa shape index (κ3) is 13.3. The second kappa shape index (κ2) is 21.3. The van der Waals surface area contributed by atoms with Gasteiger partial charge in [-0.25, -0.2) is 9.97 Å². The zero-order chi connectivity index (χ0) is 50.4. The van der Waals surface area contributed by atoms with Crippen LogP contribution in [0.2, 0.25) is 0 Å². The van der Waals surface area contributed by atoms with Gasteiger partial charge in [-0.2, -0.15) is 33.7 Å². The Kier molecular flexibility index (Phi) is 15.7. The van der Waals surface area contributed by atoms with Crippen LogP contribution in [0, 0.1) is 0 Å². The van der Waals surface area contributed by atoms with Crippen molar-refractivity contribution in [1.29, 1.82) is 0 Å². The number of fused-ring (bicyclic) bond motifs is 3. The fourth-order valence-electron chi connectivity index (χ4n) is 8.05. The van der Waals surface area contributed by atoms with Gasteiger partial charge in [0.2, 0.25) is 0 Å². The summed E-state index contributed by atoms with van der Waals surface area (Å²) in [7, 11) is -17.1. The van der Waals surface area contributed by atoms with Crippen LogP contribution < -0.4 is 9.80 Å². The molecular formula is C50H50N4O12S4. The van der Waals surface area contributed by atoms with E-state index in [0.717, 1.165) is 22.5 Å². The van der Waals surface area contributed by atoms with Crippen molar-refractivity contribution in [3.8, 4) is 22.3 Å². The third-order valence-corrected chi connectivity index (χ3v) is 14.9. The first kappa shape index (κ1) is 51.5. The minimum atomic E-state index is -4.48. The Balaban J connectivity index is 1.34. The molecule has 0 atom stereocenters. The van der Waals surface area contributed by atoms with Crippen molar-refractivity contribution in [2.75, 3.05) is 47.5 Å². The average molecular weight is 1030 g/mol. The first-order chi connectivity index (χ1) is 33.1. The monoisotopic (exact) mass is 1030 g/mol. The first-order valence-electron chi connectivity index (χ1n) is 22.0. The van der Waals surface area contributed by atoms with Crippen molar-refractivity contribution in [1.82, 2.24) is 9.97 Å². The van der Waals surface area contributed by atoms with Gasteiger partial charge in [0.15, 0.2) is 0 Å². The molecule has 2 aromatic heterocycles. The van der Waals surface area contributed by atoms with Crippen LogP contribution >= 0.6 is 0 Å². The van der Waals surface area contributed by atoms with Gasteiger partial charge < -0.3 is 9.80 Å². The lowest BCUT2D eigenvalue weighted by molar-refractivity contribution is 0.478. The topological polar surface area (TPSA) is 250 Å². The molecule has 0 fully saturated rings. The number of aromatic nitrogens is 2. The first-order valence-corrected chi connectivity index (χ1v) is 28.1. The molecule has 0 unspecified atom stereocenters. The van der Waals surface area contributed by atoms with Gasteiger partial charge in [-0.3, -0.25) is 18.2 Å². The maximum atomic E-state index is 12.0. The summed E-state index contributed by atoms with van der Waals surface area (Å²) in [6.45, 7) is 5.98. The molecule has 0 aliphatic heterocycles. The quantitative estimate of drug-likeness (QED) is 0.0410.